The van der Waals surface area contributed by atoms with E-state index >= 15 is 0 Å². The van der Waals surface area contributed by atoms with Crippen LogP contribution in [0.3, 0.4) is 0 Å². The molecule has 2 fully saturated rings. The van der Waals surface area contributed by atoms with E-state index in [9.17, 15) is 19.2 Å². The summed E-state index contributed by atoms with van der Waals surface area (Å²) in [4.78, 5) is 57.1. The van der Waals surface area contributed by atoms with Gasteiger partial charge in [-0.25, -0.2) is 14.4 Å². The summed E-state index contributed by atoms with van der Waals surface area (Å²) in [6.07, 6.45) is 35.0. The Bertz CT molecular complexity index is 3080. The summed E-state index contributed by atoms with van der Waals surface area (Å²) in [5.41, 5.74) is 1.94. The number of carbonyl (C=O) groups excluding carboxylic acids is 4. The summed E-state index contributed by atoms with van der Waals surface area (Å²) in [5.74, 6) is 22.2. The van der Waals surface area contributed by atoms with Gasteiger partial charge in [0.2, 0.25) is 0 Å². The van der Waals surface area contributed by atoms with Gasteiger partial charge in [0, 0.05) is 43.1 Å². The number of hydrogen-bond donors (Lipinski definition) is 0. The van der Waals surface area contributed by atoms with E-state index in [0.717, 1.165) is 142 Å². The minimum Gasteiger partial charge on any atom is -0.492 e. The highest BCUT2D eigenvalue weighted by Gasteiger charge is 2.33. The maximum absolute atomic E-state index is 14.5. The van der Waals surface area contributed by atoms with Gasteiger partial charge in [-0.05, 0) is 64.5 Å². The van der Waals surface area contributed by atoms with Gasteiger partial charge in [0.1, 0.15) is 24.7 Å². The molecule has 0 saturated carbocycles. The van der Waals surface area contributed by atoms with E-state index in [-0.39, 0.29) is 74.1 Å². The fourth-order valence-corrected chi connectivity index (χ4v) is 11.6. The van der Waals surface area contributed by atoms with Crippen LogP contribution in [0.4, 0.5) is 0 Å². The monoisotopic (exact) mass is 1430 g/mol. The Morgan fingerprint density at radius 3 is 1.20 bits per heavy atom. The Morgan fingerprint density at radius 2 is 0.767 bits per heavy atom. The molecule has 0 amide bonds. The first-order valence-electron chi connectivity index (χ1n) is 38.8. The van der Waals surface area contributed by atoms with Crippen molar-refractivity contribution in [2.45, 2.75) is 226 Å². The van der Waals surface area contributed by atoms with Crippen molar-refractivity contribution in [2.24, 2.45) is 11.8 Å². The Kier molecular flexibility index (Phi) is 47.8. The fourth-order valence-electron chi connectivity index (χ4n) is 11.6. The standard InChI is InChI=1S/C85H122O18/c1-7-11-13-15-17-20-26-32-44-96-80-65-73(43-41-71-63-77(84(88)100-58-56-94-54-52-92-50-48-90-5)69(37-10-4)61-79(71)85(89)101-59-57-95-55-53-93-51-49-91-6)81(97-45-33-27-21-18-16-14-12-8-2)64-72(80)42-40-70-62-76(82(86)98-47-35-29-23-25-31-39-75-67-103-75)68(36-9-3)60-78(70)83(87)99-46-34-28-22-19-24-30-38-74-66-102-74/h60-65,68,74-76H,7-8,11-35,38-39,44-59,66-67H2,1-6H3. The molecule has 0 radical (unpaired) electrons. The minimum absolute atomic E-state index is 0.0605. The maximum atomic E-state index is 14.5. The second kappa shape index (κ2) is 56.7. The van der Waals surface area contributed by atoms with Crippen LogP contribution in [0, 0.1) is 59.2 Å². The average Bonchev–Trinajstić information content (AvgIpc) is 1.66. The molecule has 570 valence electrons. The van der Waals surface area contributed by atoms with Gasteiger partial charge in [0.25, 0.3) is 0 Å². The van der Waals surface area contributed by atoms with Crippen LogP contribution in [-0.2, 0) is 66.4 Å². The topological polar surface area (TPSA) is 204 Å². The summed E-state index contributed by atoms with van der Waals surface area (Å²) in [7, 11) is 3.21. The van der Waals surface area contributed by atoms with E-state index in [1.165, 1.54) is 63.5 Å². The average molecular weight is 1430 g/mol. The zero-order valence-electron chi connectivity index (χ0n) is 63.4. The first-order chi connectivity index (χ1) is 50.6. The van der Waals surface area contributed by atoms with E-state index in [2.05, 4.69) is 61.2 Å². The lowest BCUT2D eigenvalue weighted by molar-refractivity contribution is -0.148. The van der Waals surface area contributed by atoms with Crippen LogP contribution in [0.25, 0.3) is 0 Å². The van der Waals surface area contributed by atoms with Crippen molar-refractivity contribution in [3.05, 3.63) is 80.9 Å². The summed E-state index contributed by atoms with van der Waals surface area (Å²) in [5, 5.41) is 0. The van der Waals surface area contributed by atoms with Gasteiger partial charge in [-0.2, -0.15) is 0 Å². The molecule has 0 spiro atoms. The first-order valence-corrected chi connectivity index (χ1v) is 38.8. The van der Waals surface area contributed by atoms with Crippen molar-refractivity contribution < 1.29 is 85.5 Å². The molecule has 0 N–H and O–H groups in total. The lowest BCUT2D eigenvalue weighted by atomic mass is 9.82. The van der Waals surface area contributed by atoms with Crippen LogP contribution < -0.4 is 9.47 Å². The Hall–Kier alpha value is -6.68. The number of methoxy groups -OCH3 is 2. The second-order valence-corrected chi connectivity index (χ2v) is 26.3. The van der Waals surface area contributed by atoms with Gasteiger partial charge in [0.05, 0.1) is 158 Å². The number of benzene rings is 2. The second-order valence-electron chi connectivity index (χ2n) is 26.3. The van der Waals surface area contributed by atoms with Gasteiger partial charge in [0.15, 0.2) is 0 Å². The molecule has 0 bridgehead atoms. The predicted molar refractivity (Wildman–Crippen MR) is 400 cm³/mol. The highest BCUT2D eigenvalue weighted by molar-refractivity contribution is 5.99. The summed E-state index contributed by atoms with van der Waals surface area (Å²) in [6.45, 7) is 13.8. The van der Waals surface area contributed by atoms with Crippen molar-refractivity contribution in [1.29, 1.82) is 0 Å². The highest BCUT2D eigenvalue weighted by atomic mass is 16.6. The van der Waals surface area contributed by atoms with Crippen molar-refractivity contribution in [3.63, 3.8) is 0 Å². The van der Waals surface area contributed by atoms with Crippen LogP contribution in [0.1, 0.15) is 257 Å². The molecule has 5 rings (SSSR count). The van der Waals surface area contributed by atoms with E-state index < -0.39 is 35.7 Å². The Balaban J connectivity index is 1.58. The van der Waals surface area contributed by atoms with Crippen LogP contribution in [0.5, 0.6) is 11.5 Å². The van der Waals surface area contributed by atoms with Crippen LogP contribution >= 0.6 is 0 Å². The third kappa shape index (κ3) is 38.8. The number of unbranched alkanes of at least 4 members (excludes halogenated alkanes) is 23. The maximum Gasteiger partial charge on any atom is 0.339 e. The SMILES string of the molecule is CC#Cc1cc(C(=O)OCCOCCOCCOC)c(C#Cc2cc(OCCCCCCCCCC)c(C#CC3=CC(C(=O)OCCCCCCCC4CO4)C(C#CC)C=C3C(=O)OCCCCCCCCC3CO3)cc2OCCCCCCCCCC)cc1C(=O)OCCOCCOCCOC. The molecule has 2 aliphatic heterocycles. The number of esters is 4. The van der Waals surface area contributed by atoms with Crippen molar-refractivity contribution >= 4 is 23.9 Å². The van der Waals surface area contributed by atoms with E-state index in [1.54, 1.807) is 52.4 Å². The molecule has 1 aliphatic carbocycles. The fraction of sp³-hybridized carbons (Fsp3) is 0.671. The number of epoxide rings is 2. The number of allylic oxidation sites excluding steroid dienone is 1. The number of hydrogen-bond acceptors (Lipinski definition) is 18. The van der Waals surface area contributed by atoms with Crippen LogP contribution in [0.2, 0.25) is 0 Å². The third-order valence-corrected chi connectivity index (χ3v) is 17.7. The smallest absolute Gasteiger partial charge is 0.339 e. The quantitative estimate of drug-likeness (QED) is 0.0199. The Labute approximate surface area is 617 Å². The summed E-state index contributed by atoms with van der Waals surface area (Å²) >= 11 is 0. The van der Waals surface area contributed by atoms with Gasteiger partial charge >= 0.3 is 23.9 Å². The van der Waals surface area contributed by atoms with Gasteiger partial charge in [-0.15, -0.1) is 11.8 Å². The molecular weight excluding hydrogens is 1310 g/mol. The molecule has 2 saturated heterocycles. The summed E-state index contributed by atoms with van der Waals surface area (Å²) in [6, 6.07) is 6.60. The van der Waals surface area contributed by atoms with E-state index in [1.807, 2.05) is 0 Å². The Morgan fingerprint density at radius 1 is 0.388 bits per heavy atom. The third-order valence-electron chi connectivity index (χ3n) is 17.7. The minimum atomic E-state index is -0.854. The molecule has 3 aliphatic rings. The highest BCUT2D eigenvalue weighted by Crippen LogP contribution is 2.33. The zero-order chi connectivity index (χ0) is 73.4. The normalized spacial score (nSPS) is 15.5. The van der Waals surface area contributed by atoms with Crippen LogP contribution in [-0.4, -0.2) is 169 Å². The van der Waals surface area contributed by atoms with Crippen molar-refractivity contribution in [1.82, 2.24) is 0 Å². The predicted octanol–water partition coefficient (Wildman–Crippen LogP) is 15.6. The molecule has 4 unspecified atom stereocenters. The molecule has 18 nitrogen and oxygen atoms in total. The zero-order valence-corrected chi connectivity index (χ0v) is 63.4. The van der Waals surface area contributed by atoms with Crippen molar-refractivity contribution in [2.75, 3.05) is 133 Å². The lowest BCUT2D eigenvalue weighted by Crippen LogP contribution is -2.27. The number of carbonyl (C=O) groups is 4. The van der Waals surface area contributed by atoms with Crippen molar-refractivity contribution in [3.8, 4) is 58.9 Å². The lowest BCUT2D eigenvalue weighted by Gasteiger charge is -2.23. The summed E-state index contributed by atoms with van der Waals surface area (Å²) < 4.78 is 80.3. The molecule has 2 aromatic carbocycles. The number of ether oxygens (including phenoxy) is 14. The molecule has 18 heteroatoms. The molecule has 0 aromatic heterocycles. The number of rotatable bonds is 59. The molecule has 2 heterocycles. The van der Waals surface area contributed by atoms with Gasteiger partial charge < -0.3 is 66.3 Å². The van der Waals surface area contributed by atoms with Crippen LogP contribution in [0.15, 0.2) is 47.6 Å². The van der Waals surface area contributed by atoms with Gasteiger partial charge in [-0.1, -0.05) is 209 Å². The van der Waals surface area contributed by atoms with E-state index in [4.69, 9.17) is 66.3 Å². The molecule has 103 heavy (non-hydrogen) atoms. The molecular formula is C85H122O18. The first kappa shape index (κ1) is 87.0. The van der Waals surface area contributed by atoms with Gasteiger partial charge in [-0.3, -0.25) is 4.79 Å². The largest absolute Gasteiger partial charge is 0.492 e. The van der Waals surface area contributed by atoms with E-state index in [0.29, 0.717) is 106 Å². The molecule has 2 aromatic rings. The molecule has 4 atom stereocenters.